The highest BCUT2D eigenvalue weighted by Crippen LogP contribution is 2.25. The van der Waals surface area contributed by atoms with Crippen LogP contribution in [-0.4, -0.2) is 64.9 Å². The lowest BCUT2D eigenvalue weighted by atomic mass is 10.1. The van der Waals surface area contributed by atoms with Gasteiger partial charge in [-0.2, -0.15) is 4.98 Å². The van der Waals surface area contributed by atoms with Crippen molar-refractivity contribution in [2.45, 2.75) is 31.8 Å². The molecule has 0 spiro atoms. The fraction of sp³-hybridized carbons (Fsp3) is 0.375. The van der Waals surface area contributed by atoms with Gasteiger partial charge >= 0.3 is 5.69 Å². The molecule has 0 amide bonds. The van der Waals surface area contributed by atoms with Crippen LogP contribution < -0.4 is 17.0 Å². The molecule has 2 heterocycles. The van der Waals surface area contributed by atoms with E-state index in [0.29, 0.717) is 22.3 Å². The van der Waals surface area contributed by atoms with E-state index in [1.54, 1.807) is 19.1 Å². The van der Waals surface area contributed by atoms with Gasteiger partial charge in [0.15, 0.2) is 11.5 Å². The van der Waals surface area contributed by atoms with Gasteiger partial charge in [-0.1, -0.05) is 0 Å². The van der Waals surface area contributed by atoms with Gasteiger partial charge in [-0.25, -0.2) is 9.78 Å². The first-order valence-corrected chi connectivity index (χ1v) is 8.08. The van der Waals surface area contributed by atoms with E-state index >= 15 is 0 Å². The molecule has 2 aliphatic heterocycles. The number of nitrogens with one attached hydrogen (secondary N) is 1. The van der Waals surface area contributed by atoms with Crippen LogP contribution in [0.15, 0.2) is 21.7 Å². The van der Waals surface area contributed by atoms with Gasteiger partial charge in [0.05, 0.1) is 24.2 Å². The fourth-order valence-corrected chi connectivity index (χ4v) is 2.81. The molecule has 0 saturated heterocycles. The summed E-state index contributed by atoms with van der Waals surface area (Å²) in [6, 6.07) is 3.18. The number of nitrogens with zero attached hydrogens (tertiary/aromatic N) is 3. The number of H-pyrrole nitrogens is 1. The molecular weight excluding hydrogens is 358 g/mol. The number of hydrogen-bond acceptors (Lipinski definition) is 9. The number of aromatic nitrogens is 4. The second-order valence-electron chi connectivity index (χ2n) is 6.27. The quantitative estimate of drug-likeness (QED) is 0.207. The number of aryl methyl sites for hydroxylation is 1. The van der Waals surface area contributed by atoms with Crippen LogP contribution in [0.3, 0.4) is 0 Å². The van der Waals surface area contributed by atoms with Gasteiger partial charge in [0, 0.05) is 5.69 Å². The first-order valence-electron chi connectivity index (χ1n) is 8.08. The number of aliphatic hydroxyl groups is 4. The van der Waals surface area contributed by atoms with Gasteiger partial charge in [0.1, 0.15) is 18.3 Å². The molecule has 0 fully saturated rings. The van der Waals surface area contributed by atoms with Crippen molar-refractivity contribution in [3.63, 3.8) is 0 Å². The molecule has 0 saturated carbocycles. The zero-order valence-electron chi connectivity index (χ0n) is 14.3. The van der Waals surface area contributed by atoms with Gasteiger partial charge in [-0.3, -0.25) is 9.78 Å². The molecule has 0 radical (unpaired) electrons. The summed E-state index contributed by atoms with van der Waals surface area (Å²) >= 11 is 0. The van der Waals surface area contributed by atoms with Crippen LogP contribution in [0.4, 0.5) is 5.69 Å². The van der Waals surface area contributed by atoms with E-state index in [9.17, 15) is 24.9 Å². The van der Waals surface area contributed by atoms with Crippen molar-refractivity contribution in [1.82, 2.24) is 19.5 Å². The van der Waals surface area contributed by atoms with E-state index in [-0.39, 0.29) is 18.1 Å². The van der Waals surface area contributed by atoms with Crippen molar-refractivity contribution in [3.8, 4) is 11.5 Å². The summed E-state index contributed by atoms with van der Waals surface area (Å²) in [6.45, 7) is 0.659. The Kier molecular flexibility index (Phi) is 4.93. The number of nitrogen functional groups attached to an aromatic ring is 1. The standard InChI is InChI=1S/C16H19N5O6/c1-6-2-8-9(3-7(6)17)21(4-10(23)13(25)11(24)5-22)14-12(18-8)15(26)20-16(27)19-14/h2-3,10-11,13,22-25H,4-5,17H2,1H3,(H,20,26,27)/t10-,11+,13+/m0/s1. The lowest BCUT2D eigenvalue weighted by Crippen LogP contribution is -2.42. The second kappa shape index (κ2) is 7.04. The van der Waals surface area contributed by atoms with Crippen molar-refractivity contribution in [3.05, 3.63) is 38.5 Å². The number of hydrogen-bond donors (Lipinski definition) is 6. The van der Waals surface area contributed by atoms with E-state index in [1.807, 2.05) is 4.98 Å². The van der Waals surface area contributed by atoms with E-state index < -0.39 is 36.2 Å². The fourth-order valence-electron chi connectivity index (χ4n) is 2.81. The SMILES string of the molecule is Cc1cc2nc3c(=O)[nH]c(=O)nc-3n(C[C@H](O)[C@@H](O)[C@H](O)CO)c2cc1N. The lowest BCUT2D eigenvalue weighted by molar-refractivity contribution is -0.0802. The van der Waals surface area contributed by atoms with E-state index in [1.165, 1.54) is 4.57 Å². The highest BCUT2D eigenvalue weighted by atomic mass is 16.4. The summed E-state index contributed by atoms with van der Waals surface area (Å²) in [7, 11) is 0. The molecule has 11 heteroatoms. The predicted molar refractivity (Wildman–Crippen MR) is 95.3 cm³/mol. The second-order valence-corrected chi connectivity index (χ2v) is 6.27. The van der Waals surface area contributed by atoms with Crippen molar-refractivity contribution < 1.29 is 20.4 Å². The number of fused-ring (bicyclic) bond motifs is 2. The highest BCUT2D eigenvalue weighted by molar-refractivity contribution is 5.83. The molecule has 144 valence electrons. The maximum atomic E-state index is 12.1. The monoisotopic (exact) mass is 377 g/mol. The molecule has 2 aliphatic rings. The molecule has 3 atom stereocenters. The summed E-state index contributed by atoms with van der Waals surface area (Å²) < 4.78 is 1.32. The third-order valence-electron chi connectivity index (χ3n) is 4.34. The third kappa shape index (κ3) is 3.40. The molecule has 7 N–H and O–H groups in total. The molecule has 0 bridgehead atoms. The first kappa shape index (κ1) is 18.9. The van der Waals surface area contributed by atoms with E-state index in [2.05, 4.69) is 9.97 Å². The molecule has 1 aromatic carbocycles. The van der Waals surface area contributed by atoms with Gasteiger partial charge in [-0.15, -0.1) is 0 Å². The molecule has 11 nitrogen and oxygen atoms in total. The average molecular weight is 377 g/mol. The van der Waals surface area contributed by atoms with Gasteiger partial charge in [0.25, 0.3) is 5.56 Å². The maximum absolute atomic E-state index is 12.1. The minimum atomic E-state index is -1.67. The van der Waals surface area contributed by atoms with Gasteiger partial charge in [-0.05, 0) is 24.6 Å². The number of anilines is 1. The van der Waals surface area contributed by atoms with Gasteiger partial charge in [0.2, 0.25) is 0 Å². The third-order valence-corrected chi connectivity index (χ3v) is 4.34. The number of aliphatic hydroxyl groups excluding tert-OH is 4. The minimum Gasteiger partial charge on any atom is -0.398 e. The molecular formula is C16H19N5O6. The number of aromatic amines is 1. The van der Waals surface area contributed by atoms with Crippen LogP contribution in [0, 0.1) is 6.92 Å². The Balaban J connectivity index is 2.28. The lowest BCUT2D eigenvalue weighted by Gasteiger charge is -2.25. The molecule has 0 unspecified atom stereocenters. The smallest absolute Gasteiger partial charge is 0.349 e. The zero-order valence-corrected chi connectivity index (χ0v) is 14.3. The van der Waals surface area contributed by atoms with Crippen molar-refractivity contribution in [2.24, 2.45) is 0 Å². The summed E-state index contributed by atoms with van der Waals surface area (Å²) in [5, 5.41) is 38.7. The van der Waals surface area contributed by atoms with Gasteiger partial charge < -0.3 is 30.7 Å². The molecule has 1 aromatic rings. The van der Waals surface area contributed by atoms with Crippen LogP contribution >= 0.6 is 0 Å². The Labute approximate surface area is 151 Å². The molecule has 0 aromatic heterocycles. The predicted octanol–water partition coefficient (Wildman–Crippen LogP) is -2.45. The van der Waals surface area contributed by atoms with Crippen LogP contribution in [0.25, 0.3) is 22.6 Å². The number of nitrogens with two attached hydrogens (primary N) is 1. The first-order chi connectivity index (χ1) is 12.7. The summed E-state index contributed by atoms with van der Waals surface area (Å²) in [4.78, 5) is 33.8. The number of rotatable bonds is 5. The van der Waals surface area contributed by atoms with Crippen LogP contribution in [0.1, 0.15) is 5.56 Å². The van der Waals surface area contributed by atoms with Crippen LogP contribution in [0.5, 0.6) is 0 Å². The summed E-state index contributed by atoms with van der Waals surface area (Å²) in [5.41, 5.74) is 6.02. The van der Waals surface area contributed by atoms with E-state index in [4.69, 9.17) is 10.8 Å². The average Bonchev–Trinajstić information content (AvgIpc) is 2.62. The van der Waals surface area contributed by atoms with E-state index in [0.717, 1.165) is 0 Å². The topological polar surface area (TPSA) is 188 Å². The molecule has 3 rings (SSSR count). The Morgan fingerprint density at radius 2 is 1.89 bits per heavy atom. The largest absolute Gasteiger partial charge is 0.398 e. The summed E-state index contributed by atoms with van der Waals surface area (Å²) in [5.74, 6) is -0.107. The van der Waals surface area contributed by atoms with Crippen molar-refractivity contribution in [2.75, 3.05) is 12.3 Å². The Hall–Kier alpha value is -2.86. The normalized spacial score (nSPS) is 15.1. The zero-order chi connectivity index (χ0) is 19.9. The molecule has 27 heavy (non-hydrogen) atoms. The Bertz CT molecular complexity index is 1080. The molecule has 0 aliphatic carbocycles. The maximum Gasteiger partial charge on any atom is 0.349 e. The van der Waals surface area contributed by atoms with Crippen LogP contribution in [-0.2, 0) is 6.54 Å². The highest BCUT2D eigenvalue weighted by Gasteiger charge is 2.27. The Morgan fingerprint density at radius 3 is 2.56 bits per heavy atom. The van der Waals surface area contributed by atoms with Crippen molar-refractivity contribution in [1.29, 1.82) is 0 Å². The van der Waals surface area contributed by atoms with Crippen molar-refractivity contribution >= 4 is 16.7 Å². The minimum absolute atomic E-state index is 0.107. The number of benzene rings is 1. The van der Waals surface area contributed by atoms with Crippen LogP contribution in [0.2, 0.25) is 0 Å². The summed E-state index contributed by atoms with van der Waals surface area (Å²) in [6.07, 6.45) is -4.78. The Morgan fingerprint density at radius 1 is 1.19 bits per heavy atom.